The van der Waals surface area contributed by atoms with Gasteiger partial charge in [-0.05, 0) is 31.2 Å². The normalized spacial score (nSPS) is 14.9. The van der Waals surface area contributed by atoms with Crippen LogP contribution in [0.3, 0.4) is 0 Å². The zero-order valence-corrected chi connectivity index (χ0v) is 16.7. The molecule has 3 rings (SSSR count). The first-order chi connectivity index (χ1) is 13.5. The van der Waals surface area contributed by atoms with E-state index in [0.717, 1.165) is 5.56 Å². The van der Waals surface area contributed by atoms with Gasteiger partial charge in [-0.15, -0.1) is 0 Å². The molecule has 0 atom stereocenters. The van der Waals surface area contributed by atoms with Crippen LogP contribution in [0, 0.1) is 0 Å². The van der Waals surface area contributed by atoms with Gasteiger partial charge < -0.3 is 14.6 Å². The van der Waals surface area contributed by atoms with Gasteiger partial charge in [0.1, 0.15) is 0 Å². The lowest BCUT2D eigenvalue weighted by Crippen LogP contribution is -2.51. The maximum atomic E-state index is 12.5. The van der Waals surface area contributed by atoms with Gasteiger partial charge in [0, 0.05) is 56.2 Å². The third kappa shape index (κ3) is 5.56. The van der Waals surface area contributed by atoms with E-state index < -0.39 is 0 Å². The molecule has 1 aliphatic heterocycles. The smallest absolute Gasteiger partial charge is 0.234 e. The van der Waals surface area contributed by atoms with E-state index in [1.807, 2.05) is 24.0 Å². The molecule has 150 valence electrons. The first-order valence-corrected chi connectivity index (χ1v) is 9.90. The number of likely N-dealkylation sites (N-methyl/N-ethyl adjacent to an activating group) is 1. The Hall–Kier alpha value is -2.38. The second-order valence-electron chi connectivity index (χ2n) is 6.74. The highest BCUT2D eigenvalue weighted by Gasteiger charge is 2.22. The van der Waals surface area contributed by atoms with Gasteiger partial charge in [0.25, 0.3) is 0 Å². The number of rotatable bonds is 7. The molecule has 7 nitrogen and oxygen atoms in total. The molecular weight excluding hydrogens is 380 g/mol. The van der Waals surface area contributed by atoms with Crippen molar-refractivity contribution < 1.29 is 14.0 Å². The molecule has 1 aromatic heterocycles. The van der Waals surface area contributed by atoms with Gasteiger partial charge in [0.15, 0.2) is 11.7 Å². The van der Waals surface area contributed by atoms with Crippen molar-refractivity contribution in [3.63, 3.8) is 0 Å². The molecule has 0 unspecified atom stereocenters. The molecule has 0 bridgehead atoms. The average molecular weight is 405 g/mol. The summed E-state index contributed by atoms with van der Waals surface area (Å²) in [6.45, 7) is 5.63. The number of carbonyl (C=O) groups is 2. The van der Waals surface area contributed by atoms with E-state index in [9.17, 15) is 9.59 Å². The third-order valence-electron chi connectivity index (χ3n) is 4.70. The van der Waals surface area contributed by atoms with Crippen molar-refractivity contribution in [1.82, 2.24) is 20.1 Å². The third-order valence-corrected chi connectivity index (χ3v) is 4.95. The first-order valence-electron chi connectivity index (χ1n) is 9.52. The van der Waals surface area contributed by atoms with Gasteiger partial charge in [-0.1, -0.05) is 11.6 Å². The molecule has 1 N–H and O–H groups in total. The highest BCUT2D eigenvalue weighted by atomic mass is 35.5. The van der Waals surface area contributed by atoms with Crippen molar-refractivity contribution in [2.24, 2.45) is 0 Å². The van der Waals surface area contributed by atoms with Gasteiger partial charge in [-0.2, -0.15) is 0 Å². The monoisotopic (exact) mass is 404 g/mol. The molecule has 2 heterocycles. The minimum Gasteiger partial charge on any atom is -0.441 e. The molecule has 28 heavy (non-hydrogen) atoms. The van der Waals surface area contributed by atoms with Crippen molar-refractivity contribution >= 4 is 23.4 Å². The standard InChI is InChI=1S/C20H25ClN4O3/c1-2-22-18(26)14-24-9-11-25(12-10-24)20(27)8-7-19-23-13-17(28-19)15-3-5-16(21)6-4-15/h3-6,13H,2,7-12,14H2,1H3,(H,22,26). The van der Waals surface area contributed by atoms with Gasteiger partial charge in [-0.3, -0.25) is 14.5 Å². The fourth-order valence-corrected chi connectivity index (χ4v) is 3.28. The van der Waals surface area contributed by atoms with E-state index in [1.54, 1.807) is 18.3 Å². The van der Waals surface area contributed by atoms with E-state index >= 15 is 0 Å². The summed E-state index contributed by atoms with van der Waals surface area (Å²) >= 11 is 5.90. The average Bonchev–Trinajstić information content (AvgIpc) is 3.16. The maximum absolute atomic E-state index is 12.5. The number of benzene rings is 1. The topological polar surface area (TPSA) is 78.7 Å². The Bertz CT molecular complexity index is 798. The largest absolute Gasteiger partial charge is 0.441 e. The van der Waals surface area contributed by atoms with Gasteiger partial charge >= 0.3 is 0 Å². The summed E-state index contributed by atoms with van der Waals surface area (Å²) in [6, 6.07) is 7.35. The Morgan fingerprint density at radius 1 is 1.18 bits per heavy atom. The summed E-state index contributed by atoms with van der Waals surface area (Å²) in [5.74, 6) is 1.33. The quantitative estimate of drug-likeness (QED) is 0.765. The molecular formula is C20H25ClN4O3. The Labute approximate surface area is 169 Å². The van der Waals surface area contributed by atoms with E-state index in [0.29, 0.717) is 68.8 Å². The first kappa shape index (κ1) is 20.4. The predicted molar refractivity (Wildman–Crippen MR) is 107 cm³/mol. The number of hydrogen-bond donors (Lipinski definition) is 1. The summed E-state index contributed by atoms with van der Waals surface area (Å²) in [5.41, 5.74) is 0.901. The number of aryl methyl sites for hydroxylation is 1. The highest BCUT2D eigenvalue weighted by molar-refractivity contribution is 6.30. The van der Waals surface area contributed by atoms with E-state index in [-0.39, 0.29) is 11.8 Å². The second kappa shape index (κ2) is 9.71. The van der Waals surface area contributed by atoms with Crippen LogP contribution < -0.4 is 5.32 Å². The zero-order valence-electron chi connectivity index (χ0n) is 16.0. The second-order valence-corrected chi connectivity index (χ2v) is 7.17. The lowest BCUT2D eigenvalue weighted by atomic mass is 10.2. The summed E-state index contributed by atoms with van der Waals surface area (Å²) in [6.07, 6.45) is 2.49. The number of aromatic nitrogens is 1. The number of amides is 2. The van der Waals surface area contributed by atoms with Crippen LogP contribution in [0.1, 0.15) is 19.2 Å². The lowest BCUT2D eigenvalue weighted by Gasteiger charge is -2.34. The summed E-state index contributed by atoms with van der Waals surface area (Å²) in [5, 5.41) is 3.46. The van der Waals surface area contributed by atoms with Crippen LogP contribution in [0.25, 0.3) is 11.3 Å². The zero-order chi connectivity index (χ0) is 19.9. The molecule has 0 radical (unpaired) electrons. The lowest BCUT2D eigenvalue weighted by molar-refractivity contribution is -0.133. The number of oxazole rings is 1. The number of carbonyl (C=O) groups excluding carboxylic acids is 2. The van der Waals surface area contributed by atoms with Crippen molar-refractivity contribution in [3.05, 3.63) is 41.4 Å². The Morgan fingerprint density at radius 2 is 1.89 bits per heavy atom. The fraction of sp³-hybridized carbons (Fsp3) is 0.450. The molecule has 0 saturated carbocycles. The van der Waals surface area contributed by atoms with Crippen LogP contribution in [-0.4, -0.2) is 65.9 Å². The molecule has 0 aliphatic carbocycles. The number of hydrogen-bond acceptors (Lipinski definition) is 5. The molecule has 1 fully saturated rings. The molecule has 8 heteroatoms. The Morgan fingerprint density at radius 3 is 2.57 bits per heavy atom. The molecule has 2 aromatic rings. The Kier molecular flexibility index (Phi) is 7.06. The predicted octanol–water partition coefficient (Wildman–Crippen LogP) is 2.21. The van der Waals surface area contributed by atoms with Gasteiger partial charge in [0.2, 0.25) is 11.8 Å². The number of halogens is 1. The summed E-state index contributed by atoms with van der Waals surface area (Å²) in [7, 11) is 0. The van der Waals surface area contributed by atoms with Gasteiger partial charge in [-0.25, -0.2) is 4.98 Å². The SMILES string of the molecule is CCNC(=O)CN1CCN(C(=O)CCc2ncc(-c3ccc(Cl)cc3)o2)CC1. The van der Waals surface area contributed by atoms with Crippen LogP contribution in [0.15, 0.2) is 34.9 Å². The molecule has 1 saturated heterocycles. The van der Waals surface area contributed by atoms with Crippen LogP contribution in [0.5, 0.6) is 0 Å². The highest BCUT2D eigenvalue weighted by Crippen LogP contribution is 2.22. The minimum absolute atomic E-state index is 0.0302. The van der Waals surface area contributed by atoms with E-state index in [1.165, 1.54) is 0 Å². The van der Waals surface area contributed by atoms with Gasteiger partial charge in [0.05, 0.1) is 12.7 Å². The van der Waals surface area contributed by atoms with Crippen molar-refractivity contribution in [1.29, 1.82) is 0 Å². The number of nitrogens with zero attached hydrogens (tertiary/aromatic N) is 3. The molecule has 1 aliphatic rings. The molecule has 2 amide bonds. The summed E-state index contributed by atoms with van der Waals surface area (Å²) < 4.78 is 5.75. The summed E-state index contributed by atoms with van der Waals surface area (Å²) in [4.78, 5) is 32.3. The minimum atomic E-state index is 0.0302. The Balaban J connectivity index is 1.44. The maximum Gasteiger partial charge on any atom is 0.234 e. The van der Waals surface area contributed by atoms with Crippen LogP contribution in [-0.2, 0) is 16.0 Å². The number of nitrogens with one attached hydrogen (secondary N) is 1. The number of piperazine rings is 1. The van der Waals surface area contributed by atoms with Crippen molar-refractivity contribution in [2.45, 2.75) is 19.8 Å². The fourth-order valence-electron chi connectivity index (χ4n) is 3.16. The van der Waals surface area contributed by atoms with Crippen LogP contribution in [0.4, 0.5) is 0 Å². The van der Waals surface area contributed by atoms with Crippen LogP contribution in [0.2, 0.25) is 5.02 Å². The van der Waals surface area contributed by atoms with Crippen LogP contribution >= 0.6 is 11.6 Å². The van der Waals surface area contributed by atoms with E-state index in [4.69, 9.17) is 16.0 Å². The molecule has 1 aromatic carbocycles. The molecule has 0 spiro atoms. The van der Waals surface area contributed by atoms with Crippen molar-refractivity contribution in [3.8, 4) is 11.3 Å². The van der Waals surface area contributed by atoms with E-state index in [2.05, 4.69) is 15.2 Å². The van der Waals surface area contributed by atoms with Crippen molar-refractivity contribution in [2.75, 3.05) is 39.3 Å².